The van der Waals surface area contributed by atoms with E-state index in [4.69, 9.17) is 4.74 Å². The van der Waals surface area contributed by atoms with E-state index in [9.17, 15) is 0 Å². The second-order valence-electron chi connectivity index (χ2n) is 7.18. The zero-order chi connectivity index (χ0) is 21.0. The lowest BCUT2D eigenvalue weighted by Gasteiger charge is -2.11. The van der Waals surface area contributed by atoms with E-state index in [1.54, 1.807) is 18.9 Å². The summed E-state index contributed by atoms with van der Waals surface area (Å²) in [5.41, 5.74) is 3.29. The number of methoxy groups -OCH3 is 1. The summed E-state index contributed by atoms with van der Waals surface area (Å²) < 4.78 is 7.44. The predicted octanol–water partition coefficient (Wildman–Crippen LogP) is 6.39. The summed E-state index contributed by atoms with van der Waals surface area (Å²) in [6.45, 7) is 0. The van der Waals surface area contributed by atoms with Crippen LogP contribution in [0.5, 0.6) is 5.75 Å². The van der Waals surface area contributed by atoms with Gasteiger partial charge in [-0.25, -0.2) is 0 Å². The average molecular weight is 424 g/mol. The zero-order valence-corrected chi connectivity index (χ0v) is 17.9. The van der Waals surface area contributed by atoms with Crippen molar-refractivity contribution in [2.75, 3.05) is 7.11 Å². The third-order valence-corrected chi connectivity index (χ3v) is 6.18. The molecule has 31 heavy (non-hydrogen) atoms. The molecule has 1 heterocycles. The van der Waals surface area contributed by atoms with Gasteiger partial charge >= 0.3 is 0 Å². The van der Waals surface area contributed by atoms with E-state index < -0.39 is 0 Å². The molecule has 4 aromatic carbocycles. The van der Waals surface area contributed by atoms with E-state index in [1.807, 2.05) is 42.5 Å². The predicted molar refractivity (Wildman–Crippen MR) is 127 cm³/mol. The van der Waals surface area contributed by atoms with Gasteiger partial charge in [0.25, 0.3) is 0 Å². The third-order valence-electron chi connectivity index (χ3n) is 5.18. The Labute approximate surface area is 185 Å². The largest absolute Gasteiger partial charge is 0.497 e. The molecule has 0 amide bonds. The van der Waals surface area contributed by atoms with Gasteiger partial charge in [-0.05, 0) is 40.6 Å². The quantitative estimate of drug-likeness (QED) is 0.297. The molecule has 0 unspecified atom stereocenters. The molecular weight excluding hydrogens is 402 g/mol. The Bertz CT molecular complexity index is 1310. The van der Waals surface area contributed by atoms with E-state index in [0.717, 1.165) is 33.7 Å². The maximum absolute atomic E-state index is 5.33. The minimum atomic E-state index is 0.813. The Morgan fingerprint density at radius 2 is 1.52 bits per heavy atom. The van der Waals surface area contributed by atoms with E-state index >= 15 is 0 Å². The van der Waals surface area contributed by atoms with Crippen molar-refractivity contribution >= 4 is 22.5 Å². The lowest BCUT2D eigenvalue weighted by Crippen LogP contribution is -2.00. The van der Waals surface area contributed by atoms with E-state index in [1.165, 1.54) is 16.3 Å². The first kappa shape index (κ1) is 19.4. The number of ether oxygens (including phenoxy) is 1. The van der Waals surface area contributed by atoms with Crippen molar-refractivity contribution in [3.8, 4) is 22.8 Å². The topological polar surface area (TPSA) is 39.9 Å². The van der Waals surface area contributed by atoms with Gasteiger partial charge in [0.15, 0.2) is 11.0 Å². The molecule has 0 radical (unpaired) electrons. The highest BCUT2D eigenvalue weighted by Crippen LogP contribution is 2.31. The molecule has 5 rings (SSSR count). The van der Waals surface area contributed by atoms with Crippen molar-refractivity contribution in [2.45, 2.75) is 10.9 Å². The fourth-order valence-electron chi connectivity index (χ4n) is 3.58. The van der Waals surface area contributed by atoms with Gasteiger partial charge in [-0.1, -0.05) is 84.6 Å². The van der Waals surface area contributed by atoms with E-state index in [0.29, 0.717) is 0 Å². The maximum Gasteiger partial charge on any atom is 0.196 e. The van der Waals surface area contributed by atoms with Gasteiger partial charge < -0.3 is 4.74 Å². The number of nitrogens with zero attached hydrogens (tertiary/aromatic N) is 3. The van der Waals surface area contributed by atoms with Gasteiger partial charge in [0, 0.05) is 17.0 Å². The van der Waals surface area contributed by atoms with E-state index in [-0.39, 0.29) is 0 Å². The highest BCUT2D eigenvalue weighted by Gasteiger charge is 2.16. The number of benzene rings is 4. The van der Waals surface area contributed by atoms with Crippen LogP contribution in [0.1, 0.15) is 5.56 Å². The number of aromatic nitrogens is 3. The lowest BCUT2D eigenvalue weighted by molar-refractivity contribution is 0.414. The van der Waals surface area contributed by atoms with Crippen molar-refractivity contribution in [3.63, 3.8) is 0 Å². The first-order valence-electron chi connectivity index (χ1n) is 10.1. The summed E-state index contributed by atoms with van der Waals surface area (Å²) in [6.07, 6.45) is 0. The highest BCUT2D eigenvalue weighted by molar-refractivity contribution is 7.98. The second-order valence-corrected chi connectivity index (χ2v) is 8.12. The first-order chi connectivity index (χ1) is 15.3. The Balaban J connectivity index is 1.50. The Morgan fingerprint density at radius 1 is 0.774 bits per heavy atom. The summed E-state index contributed by atoms with van der Waals surface area (Å²) in [5, 5.41) is 12.4. The summed E-state index contributed by atoms with van der Waals surface area (Å²) in [7, 11) is 1.67. The molecule has 5 heteroatoms. The van der Waals surface area contributed by atoms with Crippen LogP contribution >= 0.6 is 11.8 Å². The highest BCUT2D eigenvalue weighted by atomic mass is 32.2. The average Bonchev–Trinajstić information content (AvgIpc) is 3.27. The Morgan fingerprint density at radius 3 is 2.29 bits per heavy atom. The molecule has 0 bridgehead atoms. The van der Waals surface area contributed by atoms with Gasteiger partial charge in [0.1, 0.15) is 5.75 Å². The standard InChI is InChI=1S/C26H21N3OS/c1-30-24-15-13-23(14-16-24)29-25(21-8-3-2-4-9-21)27-28-26(29)31-18-19-11-12-20-7-5-6-10-22(20)17-19/h2-17H,18H2,1H3. The SMILES string of the molecule is COc1ccc(-n2c(SCc3ccc4ccccc4c3)nnc2-c2ccccc2)cc1. The fraction of sp³-hybridized carbons (Fsp3) is 0.0769. The van der Waals surface area contributed by atoms with Crippen LogP contribution in [0.25, 0.3) is 27.8 Å². The molecule has 0 saturated carbocycles. The van der Waals surface area contributed by atoms with Crippen LogP contribution in [0.4, 0.5) is 0 Å². The maximum atomic E-state index is 5.33. The molecule has 5 aromatic rings. The molecule has 0 aliphatic rings. The molecule has 0 spiro atoms. The Hall–Kier alpha value is -3.57. The number of thioether (sulfide) groups is 1. The molecule has 0 aliphatic carbocycles. The number of hydrogen-bond donors (Lipinski definition) is 0. The molecule has 0 saturated heterocycles. The minimum absolute atomic E-state index is 0.813. The van der Waals surface area contributed by atoms with Gasteiger partial charge in [-0.2, -0.15) is 0 Å². The van der Waals surface area contributed by atoms with Crippen LogP contribution in [-0.2, 0) is 5.75 Å². The molecule has 0 atom stereocenters. The summed E-state index contributed by atoms with van der Waals surface area (Å²) in [5.74, 6) is 2.46. The Kier molecular flexibility index (Phi) is 5.42. The molecule has 152 valence electrons. The van der Waals surface area contributed by atoms with Crippen LogP contribution in [-0.4, -0.2) is 21.9 Å². The second kappa shape index (κ2) is 8.66. The van der Waals surface area contributed by atoms with Gasteiger partial charge in [0.2, 0.25) is 0 Å². The molecule has 0 fully saturated rings. The number of rotatable bonds is 6. The summed E-state index contributed by atoms with van der Waals surface area (Å²) in [4.78, 5) is 0. The van der Waals surface area contributed by atoms with Crippen molar-refractivity contribution in [1.82, 2.24) is 14.8 Å². The van der Waals surface area contributed by atoms with Crippen molar-refractivity contribution in [1.29, 1.82) is 0 Å². The number of fused-ring (bicyclic) bond motifs is 1. The van der Waals surface area contributed by atoms with Crippen LogP contribution in [0, 0.1) is 0 Å². The fourth-order valence-corrected chi connectivity index (χ4v) is 4.47. The van der Waals surface area contributed by atoms with E-state index in [2.05, 4.69) is 69.4 Å². The molecular formula is C26H21N3OS. The van der Waals surface area contributed by atoms with Gasteiger partial charge in [-0.3, -0.25) is 4.57 Å². The van der Waals surface area contributed by atoms with Crippen LogP contribution in [0.2, 0.25) is 0 Å². The molecule has 0 N–H and O–H groups in total. The van der Waals surface area contributed by atoms with Crippen LogP contribution in [0.15, 0.2) is 102 Å². The van der Waals surface area contributed by atoms with Crippen molar-refractivity contribution in [2.24, 2.45) is 0 Å². The minimum Gasteiger partial charge on any atom is -0.497 e. The molecule has 4 nitrogen and oxygen atoms in total. The zero-order valence-electron chi connectivity index (χ0n) is 17.1. The monoisotopic (exact) mass is 423 g/mol. The molecule has 0 aliphatic heterocycles. The smallest absolute Gasteiger partial charge is 0.196 e. The number of hydrogen-bond acceptors (Lipinski definition) is 4. The third kappa shape index (κ3) is 4.05. The van der Waals surface area contributed by atoms with Gasteiger partial charge in [-0.15, -0.1) is 10.2 Å². The van der Waals surface area contributed by atoms with Gasteiger partial charge in [0.05, 0.1) is 7.11 Å². The summed E-state index contributed by atoms with van der Waals surface area (Å²) in [6, 6.07) is 33.2. The van der Waals surface area contributed by atoms with Crippen LogP contribution in [0.3, 0.4) is 0 Å². The summed E-state index contributed by atoms with van der Waals surface area (Å²) >= 11 is 1.69. The van der Waals surface area contributed by atoms with Crippen molar-refractivity contribution in [3.05, 3.63) is 103 Å². The first-order valence-corrected chi connectivity index (χ1v) is 11.1. The van der Waals surface area contributed by atoms with Crippen molar-refractivity contribution < 1.29 is 4.74 Å². The van der Waals surface area contributed by atoms with Crippen LogP contribution < -0.4 is 4.74 Å². The normalized spacial score (nSPS) is 11.0. The lowest BCUT2D eigenvalue weighted by atomic mass is 10.1. The molecule has 1 aromatic heterocycles.